The summed E-state index contributed by atoms with van der Waals surface area (Å²) in [5.74, 6) is 1.84. The Morgan fingerprint density at radius 1 is 0.923 bits per heavy atom. The van der Waals surface area contributed by atoms with Crippen molar-refractivity contribution in [3.05, 3.63) is 78.8 Å². The van der Waals surface area contributed by atoms with Gasteiger partial charge < -0.3 is 9.84 Å². The van der Waals surface area contributed by atoms with Crippen LogP contribution in [0.15, 0.2) is 77.7 Å². The Kier molecular flexibility index (Phi) is 4.38. The van der Waals surface area contributed by atoms with Gasteiger partial charge in [-0.15, -0.1) is 0 Å². The lowest BCUT2D eigenvalue weighted by Crippen LogP contribution is -2.07. The second kappa shape index (κ2) is 7.14. The van der Waals surface area contributed by atoms with Crippen molar-refractivity contribution >= 4 is 5.82 Å². The average molecular weight is 343 g/mol. The number of rotatable bonds is 5. The molecule has 6 heteroatoms. The highest BCUT2D eigenvalue weighted by molar-refractivity contribution is 5.60. The standard InChI is InChI=1S/C20H17N5O/c1-14(23-18-13-21-11-12-22-18)15-7-9-16(10-8-15)19-24-20(26-25-19)17-5-3-2-4-6-17/h2-14H,1H3,(H,22,23). The normalized spacial score (nSPS) is 11.9. The lowest BCUT2D eigenvalue weighted by Gasteiger charge is -2.14. The minimum Gasteiger partial charge on any atom is -0.362 e. The van der Waals surface area contributed by atoms with E-state index >= 15 is 0 Å². The largest absolute Gasteiger partial charge is 0.362 e. The summed E-state index contributed by atoms with van der Waals surface area (Å²) >= 11 is 0. The minimum absolute atomic E-state index is 0.103. The van der Waals surface area contributed by atoms with Crippen LogP contribution in [-0.4, -0.2) is 20.1 Å². The zero-order valence-corrected chi connectivity index (χ0v) is 14.2. The van der Waals surface area contributed by atoms with Crippen molar-refractivity contribution in [2.75, 3.05) is 5.32 Å². The van der Waals surface area contributed by atoms with E-state index in [-0.39, 0.29) is 6.04 Å². The fourth-order valence-corrected chi connectivity index (χ4v) is 2.64. The summed E-state index contributed by atoms with van der Waals surface area (Å²) in [5.41, 5.74) is 2.95. The Labute approximate surface area is 151 Å². The first-order valence-corrected chi connectivity index (χ1v) is 8.31. The highest BCUT2D eigenvalue weighted by atomic mass is 16.5. The van der Waals surface area contributed by atoms with E-state index in [0.717, 1.165) is 22.5 Å². The molecule has 0 aliphatic heterocycles. The van der Waals surface area contributed by atoms with Crippen LogP contribution in [0.3, 0.4) is 0 Å². The third-order valence-electron chi connectivity index (χ3n) is 4.04. The van der Waals surface area contributed by atoms with Crippen LogP contribution >= 0.6 is 0 Å². The van der Waals surface area contributed by atoms with Gasteiger partial charge in [0.05, 0.1) is 6.20 Å². The molecule has 4 aromatic rings. The van der Waals surface area contributed by atoms with Crippen molar-refractivity contribution in [2.24, 2.45) is 0 Å². The van der Waals surface area contributed by atoms with Crippen molar-refractivity contribution < 1.29 is 4.52 Å². The fourth-order valence-electron chi connectivity index (χ4n) is 2.64. The smallest absolute Gasteiger partial charge is 0.258 e. The van der Waals surface area contributed by atoms with Gasteiger partial charge in [0.1, 0.15) is 5.82 Å². The van der Waals surface area contributed by atoms with Gasteiger partial charge in [0.15, 0.2) is 0 Å². The van der Waals surface area contributed by atoms with E-state index in [1.165, 1.54) is 0 Å². The minimum atomic E-state index is 0.103. The molecule has 4 rings (SSSR count). The zero-order chi connectivity index (χ0) is 17.8. The van der Waals surface area contributed by atoms with E-state index < -0.39 is 0 Å². The van der Waals surface area contributed by atoms with Crippen LogP contribution in [0.2, 0.25) is 0 Å². The summed E-state index contributed by atoms with van der Waals surface area (Å²) in [5, 5.41) is 7.40. The van der Waals surface area contributed by atoms with Gasteiger partial charge in [-0.2, -0.15) is 4.98 Å². The zero-order valence-electron chi connectivity index (χ0n) is 14.2. The number of aromatic nitrogens is 4. The van der Waals surface area contributed by atoms with Gasteiger partial charge in [-0.3, -0.25) is 4.98 Å². The molecule has 26 heavy (non-hydrogen) atoms. The lowest BCUT2D eigenvalue weighted by atomic mass is 10.1. The van der Waals surface area contributed by atoms with Gasteiger partial charge in [-0.05, 0) is 24.6 Å². The molecule has 2 aromatic heterocycles. The molecule has 1 atom stereocenters. The molecular weight excluding hydrogens is 326 g/mol. The Morgan fingerprint density at radius 2 is 1.73 bits per heavy atom. The van der Waals surface area contributed by atoms with Crippen LogP contribution < -0.4 is 5.32 Å². The number of hydrogen-bond donors (Lipinski definition) is 1. The molecule has 0 saturated heterocycles. The van der Waals surface area contributed by atoms with E-state index in [1.54, 1.807) is 18.6 Å². The molecule has 2 aromatic carbocycles. The SMILES string of the molecule is CC(Nc1cnccn1)c1ccc(-c2noc(-c3ccccc3)n2)cc1. The van der Waals surface area contributed by atoms with Crippen LogP contribution in [0, 0.1) is 0 Å². The maximum Gasteiger partial charge on any atom is 0.258 e. The second-order valence-corrected chi connectivity index (χ2v) is 5.87. The number of nitrogens with zero attached hydrogens (tertiary/aromatic N) is 4. The lowest BCUT2D eigenvalue weighted by molar-refractivity contribution is 0.432. The molecule has 1 unspecified atom stereocenters. The van der Waals surface area contributed by atoms with Gasteiger partial charge in [0, 0.05) is 29.6 Å². The number of hydrogen-bond acceptors (Lipinski definition) is 6. The molecule has 0 amide bonds. The van der Waals surface area contributed by atoms with Crippen LogP contribution in [0.5, 0.6) is 0 Å². The highest BCUT2D eigenvalue weighted by Gasteiger charge is 2.11. The van der Waals surface area contributed by atoms with E-state index in [9.17, 15) is 0 Å². The molecule has 6 nitrogen and oxygen atoms in total. The summed E-state index contributed by atoms with van der Waals surface area (Å²) in [6.07, 6.45) is 5.02. The molecule has 0 radical (unpaired) electrons. The van der Waals surface area contributed by atoms with Crippen molar-refractivity contribution in [3.8, 4) is 22.8 Å². The first kappa shape index (κ1) is 16.0. The number of nitrogens with one attached hydrogen (secondary N) is 1. The molecule has 0 aliphatic rings. The van der Waals surface area contributed by atoms with Gasteiger partial charge in [-0.25, -0.2) is 4.98 Å². The van der Waals surface area contributed by atoms with Crippen molar-refractivity contribution in [2.45, 2.75) is 13.0 Å². The van der Waals surface area contributed by atoms with Crippen molar-refractivity contribution in [1.82, 2.24) is 20.1 Å². The maximum atomic E-state index is 5.37. The van der Waals surface area contributed by atoms with E-state index in [4.69, 9.17) is 4.52 Å². The Hall–Kier alpha value is -3.54. The Morgan fingerprint density at radius 3 is 2.46 bits per heavy atom. The first-order valence-electron chi connectivity index (χ1n) is 8.31. The summed E-state index contributed by atoms with van der Waals surface area (Å²) in [6.45, 7) is 2.07. The molecule has 0 aliphatic carbocycles. The van der Waals surface area contributed by atoms with Crippen LogP contribution in [0.1, 0.15) is 18.5 Å². The summed E-state index contributed by atoms with van der Waals surface area (Å²) in [7, 11) is 0. The highest BCUT2D eigenvalue weighted by Crippen LogP contribution is 2.24. The molecule has 2 heterocycles. The van der Waals surface area contributed by atoms with Gasteiger partial charge in [0.25, 0.3) is 5.89 Å². The predicted octanol–water partition coefficient (Wildman–Crippen LogP) is 4.37. The molecule has 0 fully saturated rings. The number of anilines is 1. The van der Waals surface area contributed by atoms with Crippen LogP contribution in [0.25, 0.3) is 22.8 Å². The molecule has 1 N–H and O–H groups in total. The molecule has 0 bridgehead atoms. The Bertz CT molecular complexity index is 968. The van der Waals surface area contributed by atoms with Gasteiger partial charge in [0.2, 0.25) is 5.82 Å². The monoisotopic (exact) mass is 343 g/mol. The molecule has 128 valence electrons. The van der Waals surface area contributed by atoms with Crippen LogP contribution in [0.4, 0.5) is 5.82 Å². The van der Waals surface area contributed by atoms with Gasteiger partial charge >= 0.3 is 0 Å². The predicted molar refractivity (Wildman–Crippen MR) is 99.2 cm³/mol. The second-order valence-electron chi connectivity index (χ2n) is 5.87. The molecule has 0 saturated carbocycles. The van der Waals surface area contributed by atoms with Crippen LogP contribution in [-0.2, 0) is 0 Å². The summed E-state index contributed by atoms with van der Waals surface area (Å²) < 4.78 is 5.37. The molecule has 0 spiro atoms. The van der Waals surface area contributed by atoms with E-state index in [2.05, 4.69) is 32.3 Å². The topological polar surface area (TPSA) is 76.7 Å². The quantitative estimate of drug-likeness (QED) is 0.580. The van der Waals surface area contributed by atoms with E-state index in [0.29, 0.717) is 11.7 Å². The summed E-state index contributed by atoms with van der Waals surface area (Å²) in [4.78, 5) is 12.8. The van der Waals surface area contributed by atoms with Gasteiger partial charge in [-0.1, -0.05) is 47.6 Å². The average Bonchev–Trinajstić information content (AvgIpc) is 3.20. The van der Waals surface area contributed by atoms with Crippen molar-refractivity contribution in [1.29, 1.82) is 0 Å². The first-order chi connectivity index (χ1) is 12.8. The van der Waals surface area contributed by atoms with E-state index in [1.807, 2.05) is 54.6 Å². The third kappa shape index (κ3) is 3.44. The Balaban J connectivity index is 1.50. The van der Waals surface area contributed by atoms with Crippen molar-refractivity contribution in [3.63, 3.8) is 0 Å². The molecular formula is C20H17N5O. The fraction of sp³-hybridized carbons (Fsp3) is 0.100. The maximum absolute atomic E-state index is 5.37. The third-order valence-corrected chi connectivity index (χ3v) is 4.04. The number of benzene rings is 2. The summed E-state index contributed by atoms with van der Waals surface area (Å²) in [6, 6.07) is 17.9.